The van der Waals surface area contributed by atoms with Crippen molar-refractivity contribution in [1.82, 2.24) is 0 Å². The first kappa shape index (κ1) is 16.8. The molecule has 134 valence electrons. The van der Waals surface area contributed by atoms with Crippen molar-refractivity contribution in [3.05, 3.63) is 53.6 Å². The minimum absolute atomic E-state index is 0.0434. The van der Waals surface area contributed by atoms with Crippen molar-refractivity contribution in [1.29, 1.82) is 0 Å². The van der Waals surface area contributed by atoms with E-state index in [9.17, 15) is 18.0 Å². The van der Waals surface area contributed by atoms with Crippen molar-refractivity contribution in [2.75, 3.05) is 22.3 Å². The standard InChI is InChI=1S/C19H18N2O4S/c1-13(22)20-10-8-14-12-15(6-7-17(14)20)26(24,25)21-11-9-19(23)16-4-2-3-5-18(16)21/h2-7,12H,8-11H2,1H3. The lowest BCUT2D eigenvalue weighted by atomic mass is 10.0. The number of nitrogens with zero attached hydrogens (tertiary/aromatic N) is 2. The van der Waals surface area contributed by atoms with Gasteiger partial charge in [0.05, 0.1) is 10.6 Å². The minimum atomic E-state index is -3.78. The highest BCUT2D eigenvalue weighted by Crippen LogP contribution is 2.35. The van der Waals surface area contributed by atoms with E-state index in [4.69, 9.17) is 0 Å². The number of fused-ring (bicyclic) bond motifs is 2. The lowest BCUT2D eigenvalue weighted by molar-refractivity contribution is -0.116. The van der Waals surface area contributed by atoms with Gasteiger partial charge in [-0.3, -0.25) is 13.9 Å². The predicted octanol–water partition coefficient (Wildman–Crippen LogP) is 2.38. The molecule has 0 bridgehead atoms. The molecular formula is C19H18N2O4S. The Balaban J connectivity index is 1.76. The van der Waals surface area contributed by atoms with Gasteiger partial charge in [0.1, 0.15) is 0 Å². The molecule has 4 rings (SSSR count). The molecule has 0 atom stereocenters. The van der Waals surface area contributed by atoms with Crippen LogP contribution in [0.1, 0.15) is 29.3 Å². The second-order valence-corrected chi connectivity index (χ2v) is 8.34. The fourth-order valence-electron chi connectivity index (χ4n) is 3.63. The number of sulfonamides is 1. The number of Topliss-reactive ketones (excluding diaryl/α,β-unsaturated/α-hetero) is 1. The van der Waals surface area contributed by atoms with E-state index in [0.717, 1.165) is 11.3 Å². The monoisotopic (exact) mass is 370 g/mol. The molecule has 0 aliphatic carbocycles. The zero-order chi connectivity index (χ0) is 18.5. The highest BCUT2D eigenvalue weighted by atomic mass is 32.2. The van der Waals surface area contributed by atoms with E-state index in [2.05, 4.69) is 0 Å². The van der Waals surface area contributed by atoms with Gasteiger partial charge in [0.25, 0.3) is 10.0 Å². The molecule has 6 nitrogen and oxygen atoms in total. The topological polar surface area (TPSA) is 74.8 Å². The number of hydrogen-bond donors (Lipinski definition) is 0. The fraction of sp³-hybridized carbons (Fsp3) is 0.263. The summed E-state index contributed by atoms with van der Waals surface area (Å²) in [5.74, 6) is -0.0964. The Kier molecular flexibility index (Phi) is 3.84. The number of ketones is 1. The molecule has 2 aliphatic rings. The van der Waals surface area contributed by atoms with Crippen LogP contribution in [-0.2, 0) is 21.2 Å². The first-order valence-corrected chi connectivity index (χ1v) is 9.89. The van der Waals surface area contributed by atoms with Gasteiger partial charge in [0.15, 0.2) is 5.78 Å². The SMILES string of the molecule is CC(=O)N1CCc2cc(S(=O)(=O)N3CCC(=O)c4ccccc43)ccc21. The zero-order valence-corrected chi connectivity index (χ0v) is 15.1. The molecule has 2 heterocycles. The molecule has 2 aromatic rings. The minimum Gasteiger partial charge on any atom is -0.312 e. The number of rotatable bonds is 2. The molecule has 7 heteroatoms. The summed E-state index contributed by atoms with van der Waals surface area (Å²) in [5.41, 5.74) is 2.48. The average molecular weight is 370 g/mol. The quantitative estimate of drug-likeness (QED) is 0.813. The Morgan fingerprint density at radius 1 is 1.00 bits per heavy atom. The molecule has 0 spiro atoms. The maximum atomic E-state index is 13.2. The molecule has 2 aliphatic heterocycles. The van der Waals surface area contributed by atoms with Crippen LogP contribution < -0.4 is 9.21 Å². The van der Waals surface area contributed by atoms with Crippen LogP contribution in [0.25, 0.3) is 0 Å². The van der Waals surface area contributed by atoms with Crippen molar-refractivity contribution < 1.29 is 18.0 Å². The molecule has 1 amide bonds. The zero-order valence-electron chi connectivity index (χ0n) is 14.3. The maximum Gasteiger partial charge on any atom is 0.264 e. The summed E-state index contributed by atoms with van der Waals surface area (Å²) in [6.07, 6.45) is 0.798. The van der Waals surface area contributed by atoms with Crippen molar-refractivity contribution >= 4 is 33.1 Å². The van der Waals surface area contributed by atoms with Crippen LogP contribution in [0.15, 0.2) is 47.4 Å². The molecule has 0 saturated heterocycles. The van der Waals surface area contributed by atoms with Crippen molar-refractivity contribution in [2.45, 2.75) is 24.7 Å². The van der Waals surface area contributed by atoms with E-state index in [1.807, 2.05) is 0 Å². The van der Waals surface area contributed by atoms with Gasteiger partial charge >= 0.3 is 0 Å². The largest absolute Gasteiger partial charge is 0.312 e. The second-order valence-electron chi connectivity index (χ2n) is 6.48. The Labute approximate surface area is 152 Å². The second kappa shape index (κ2) is 5.95. The molecule has 0 unspecified atom stereocenters. The third kappa shape index (κ3) is 2.50. The van der Waals surface area contributed by atoms with Gasteiger partial charge in [0, 0.05) is 37.7 Å². The Morgan fingerprint density at radius 3 is 2.54 bits per heavy atom. The van der Waals surface area contributed by atoms with E-state index in [-0.39, 0.29) is 29.6 Å². The number of para-hydroxylation sites is 1. The van der Waals surface area contributed by atoms with Crippen LogP contribution in [0.4, 0.5) is 11.4 Å². The first-order chi connectivity index (χ1) is 12.4. The Morgan fingerprint density at radius 2 is 1.77 bits per heavy atom. The van der Waals surface area contributed by atoms with Crippen LogP contribution in [0.5, 0.6) is 0 Å². The molecule has 26 heavy (non-hydrogen) atoms. The molecule has 2 aromatic carbocycles. The van der Waals surface area contributed by atoms with Gasteiger partial charge in [-0.15, -0.1) is 0 Å². The summed E-state index contributed by atoms with van der Waals surface area (Å²) < 4.78 is 27.7. The molecule has 0 saturated carbocycles. The molecule has 0 N–H and O–H groups in total. The summed E-state index contributed by atoms with van der Waals surface area (Å²) in [6.45, 7) is 2.20. The Bertz CT molecular complexity index is 1030. The number of benzene rings is 2. The lowest BCUT2D eigenvalue weighted by Gasteiger charge is -2.29. The predicted molar refractivity (Wildman–Crippen MR) is 98.1 cm³/mol. The van der Waals surface area contributed by atoms with Gasteiger partial charge < -0.3 is 4.90 Å². The summed E-state index contributed by atoms with van der Waals surface area (Å²) in [5, 5.41) is 0. The number of carbonyl (C=O) groups excluding carboxylic acids is 2. The van der Waals surface area contributed by atoms with E-state index in [0.29, 0.717) is 24.2 Å². The van der Waals surface area contributed by atoms with Crippen molar-refractivity contribution in [3.8, 4) is 0 Å². The maximum absolute atomic E-state index is 13.2. The first-order valence-electron chi connectivity index (χ1n) is 8.45. The lowest BCUT2D eigenvalue weighted by Crippen LogP contribution is -2.37. The normalized spacial score (nSPS) is 16.4. The average Bonchev–Trinajstić information content (AvgIpc) is 3.05. The summed E-state index contributed by atoms with van der Waals surface area (Å²) in [6, 6.07) is 11.7. The number of amides is 1. The van der Waals surface area contributed by atoms with Gasteiger partial charge in [-0.05, 0) is 42.3 Å². The summed E-state index contributed by atoms with van der Waals surface area (Å²) in [4.78, 5) is 25.6. The highest BCUT2D eigenvalue weighted by molar-refractivity contribution is 7.92. The van der Waals surface area contributed by atoms with Crippen LogP contribution in [0, 0.1) is 0 Å². The number of carbonyl (C=O) groups is 2. The van der Waals surface area contributed by atoms with Crippen LogP contribution in [0.2, 0.25) is 0 Å². The van der Waals surface area contributed by atoms with Gasteiger partial charge in [-0.1, -0.05) is 12.1 Å². The van der Waals surface area contributed by atoms with Crippen molar-refractivity contribution in [3.63, 3.8) is 0 Å². The van der Waals surface area contributed by atoms with E-state index < -0.39 is 10.0 Å². The number of hydrogen-bond acceptors (Lipinski definition) is 4. The van der Waals surface area contributed by atoms with E-state index >= 15 is 0 Å². The molecule has 0 radical (unpaired) electrons. The van der Waals surface area contributed by atoms with Crippen LogP contribution >= 0.6 is 0 Å². The van der Waals surface area contributed by atoms with Gasteiger partial charge in [0.2, 0.25) is 5.91 Å². The van der Waals surface area contributed by atoms with Gasteiger partial charge in [-0.25, -0.2) is 8.42 Å². The van der Waals surface area contributed by atoms with Crippen LogP contribution in [-0.4, -0.2) is 33.2 Å². The number of anilines is 2. The van der Waals surface area contributed by atoms with E-state index in [1.165, 1.54) is 17.3 Å². The van der Waals surface area contributed by atoms with Gasteiger partial charge in [-0.2, -0.15) is 0 Å². The third-order valence-corrected chi connectivity index (χ3v) is 6.74. The van der Waals surface area contributed by atoms with Crippen molar-refractivity contribution in [2.24, 2.45) is 0 Å². The smallest absolute Gasteiger partial charge is 0.264 e. The van der Waals surface area contributed by atoms with E-state index in [1.54, 1.807) is 41.3 Å². The fourth-order valence-corrected chi connectivity index (χ4v) is 5.16. The third-order valence-electron chi connectivity index (χ3n) is 4.93. The Hall–Kier alpha value is -2.67. The summed E-state index contributed by atoms with van der Waals surface area (Å²) >= 11 is 0. The molecular weight excluding hydrogens is 352 g/mol. The summed E-state index contributed by atoms with van der Waals surface area (Å²) in [7, 11) is -3.78. The highest BCUT2D eigenvalue weighted by Gasteiger charge is 2.33. The van der Waals surface area contributed by atoms with Crippen LogP contribution in [0.3, 0.4) is 0 Å². The molecule has 0 fully saturated rings. The molecule has 0 aromatic heterocycles.